The first kappa shape index (κ1) is 67.3. The second-order valence-corrected chi connectivity index (χ2v) is 22.1. The molecule has 4 saturated carbocycles. The number of hydrogen-bond acceptors (Lipinski definition) is 6. The average molecular weight is 1110 g/mol. The largest absolute Gasteiger partial charge is 0.399 e. The van der Waals surface area contributed by atoms with Gasteiger partial charge in [-0.1, -0.05) is 122 Å². The molecule has 4 aliphatic carbocycles. The van der Waals surface area contributed by atoms with E-state index in [1.165, 1.54) is 171 Å². The van der Waals surface area contributed by atoms with Crippen molar-refractivity contribution in [2.75, 3.05) is 20.9 Å². The average Bonchev–Trinajstić information content (AvgIpc) is 3.46. The first-order valence-electron chi connectivity index (χ1n) is 29.4. The molecule has 4 atom stereocenters. The van der Waals surface area contributed by atoms with Crippen molar-refractivity contribution in [2.45, 2.75) is 220 Å². The lowest BCUT2D eigenvalue weighted by atomic mass is 9.83. The predicted octanol–water partition coefficient (Wildman–Crippen LogP) is 17.8. The number of rotatable bonds is 13. The molecular formula is C65H95ClF4N4O4. The Morgan fingerprint density at radius 3 is 1.14 bits per heavy atom. The van der Waals surface area contributed by atoms with Gasteiger partial charge in [0.2, 0.25) is 17.1 Å². The highest BCUT2D eigenvalue weighted by atomic mass is 35.5. The summed E-state index contributed by atoms with van der Waals surface area (Å²) in [7, 11) is 0. The fourth-order valence-corrected chi connectivity index (χ4v) is 11.2. The number of hydrogen-bond donors (Lipinski definition) is 3. The Hall–Kier alpha value is -4.94. The van der Waals surface area contributed by atoms with E-state index in [0.29, 0.717) is 60.1 Å². The number of halogens is 5. The lowest BCUT2D eigenvalue weighted by molar-refractivity contribution is -0.119. The summed E-state index contributed by atoms with van der Waals surface area (Å²) in [5, 5.41) is 12.3. The lowest BCUT2D eigenvalue weighted by Crippen LogP contribution is -2.43. The smallest absolute Gasteiger partial charge is 0.226 e. The van der Waals surface area contributed by atoms with Crippen LogP contribution in [0.5, 0.6) is 0 Å². The standard InChI is InChI=1S/2C17H24FNO.C14H20FN.C8H16O.C6H6FN.C3H5ClO/c2*1-3-17(20)19(16-11-7-10-15(18)12-16)13(2)14-8-5-4-6-9-14;1-11(12-6-3-2-4-7-12)16-14-9-5-8-13(15)10-14;1-7(9)8-5-3-2-4-6-8;7-5-2-1-3-6(8)4-5;1-2-3(4)5/h2*7,10-14H,3-6,8-9H2,1-2H3;5,8-12,16H,2-4,6-7H2,1H3;7-9H,2-6H2,1H3;1-4H,8H2;2H2,1H3. The van der Waals surface area contributed by atoms with E-state index >= 15 is 0 Å². The second kappa shape index (κ2) is 37.8. The maximum absolute atomic E-state index is 13.5. The first-order chi connectivity index (χ1) is 37.4. The van der Waals surface area contributed by atoms with Gasteiger partial charge >= 0.3 is 0 Å². The van der Waals surface area contributed by atoms with Crippen molar-refractivity contribution in [2.24, 2.45) is 23.7 Å². The van der Waals surface area contributed by atoms with Crippen LogP contribution in [0.1, 0.15) is 196 Å². The molecule has 8 nitrogen and oxygen atoms in total. The molecule has 4 fully saturated rings. The number of nitrogens with one attached hydrogen (secondary N) is 1. The molecule has 8 rings (SSSR count). The van der Waals surface area contributed by atoms with Gasteiger partial charge in [-0.2, -0.15) is 0 Å². The van der Waals surface area contributed by atoms with Crippen LogP contribution >= 0.6 is 11.6 Å². The third-order valence-electron chi connectivity index (χ3n) is 15.8. The number of carbonyl (C=O) groups excluding carboxylic acids is 3. The quantitative estimate of drug-likeness (QED) is 0.0698. The molecule has 0 aromatic heterocycles. The Morgan fingerprint density at radius 1 is 0.513 bits per heavy atom. The van der Waals surface area contributed by atoms with Gasteiger partial charge in [-0.15, -0.1) is 0 Å². The first-order valence-corrected chi connectivity index (χ1v) is 29.8. The van der Waals surface area contributed by atoms with Crippen molar-refractivity contribution in [3.8, 4) is 0 Å². The Morgan fingerprint density at radius 2 is 0.846 bits per heavy atom. The van der Waals surface area contributed by atoms with Crippen LogP contribution in [0.2, 0.25) is 0 Å². The zero-order valence-electron chi connectivity index (χ0n) is 48.2. The SMILES string of the molecule is CC(Nc1cccc(F)c1)C1CCCCC1.CC(O)C1CCCCC1.CCC(=O)Cl.CCC(=O)N(c1cccc(F)c1)C(C)C1CCCCC1.CCC(=O)N(c1cccc(F)c1)C(C)C1CCCCC1.Nc1cccc(F)c1. The molecule has 4 aromatic rings. The molecule has 4 unspecified atom stereocenters. The Labute approximate surface area is 471 Å². The Bertz CT molecular complexity index is 2200. The number of nitrogens with two attached hydrogens (primary N) is 1. The molecule has 4 aromatic carbocycles. The van der Waals surface area contributed by atoms with E-state index in [0.717, 1.165) is 11.6 Å². The van der Waals surface area contributed by atoms with Gasteiger partial charge < -0.3 is 26.0 Å². The van der Waals surface area contributed by atoms with Gasteiger partial charge in [0.25, 0.3) is 0 Å². The summed E-state index contributed by atoms with van der Waals surface area (Å²) in [6.07, 6.45) is 26.7. The van der Waals surface area contributed by atoms with E-state index in [-0.39, 0.29) is 58.5 Å². The van der Waals surface area contributed by atoms with E-state index in [1.807, 2.05) is 39.0 Å². The number of amides is 2. The van der Waals surface area contributed by atoms with Crippen molar-refractivity contribution in [1.82, 2.24) is 0 Å². The number of aliphatic hydroxyl groups excluding tert-OH is 1. The monoisotopic (exact) mass is 1110 g/mol. The van der Waals surface area contributed by atoms with Gasteiger partial charge in [-0.3, -0.25) is 14.4 Å². The van der Waals surface area contributed by atoms with Crippen molar-refractivity contribution < 1.29 is 37.1 Å². The van der Waals surface area contributed by atoms with Crippen LogP contribution in [0.25, 0.3) is 0 Å². The minimum atomic E-state index is -0.287. The van der Waals surface area contributed by atoms with Crippen molar-refractivity contribution >= 4 is 51.4 Å². The van der Waals surface area contributed by atoms with E-state index < -0.39 is 0 Å². The van der Waals surface area contributed by atoms with Gasteiger partial charge in [0.1, 0.15) is 23.3 Å². The van der Waals surface area contributed by atoms with Crippen molar-refractivity contribution in [3.05, 3.63) is 120 Å². The molecule has 0 heterocycles. The maximum atomic E-state index is 13.5. The third kappa shape index (κ3) is 25.5. The third-order valence-corrected chi connectivity index (χ3v) is 16.1. The van der Waals surface area contributed by atoms with Crippen LogP contribution < -0.4 is 20.9 Å². The Balaban J connectivity index is 0.000000260. The van der Waals surface area contributed by atoms with E-state index in [1.54, 1.807) is 53.1 Å². The highest BCUT2D eigenvalue weighted by Crippen LogP contribution is 2.34. The fourth-order valence-electron chi connectivity index (χ4n) is 11.2. The van der Waals surface area contributed by atoms with Crippen LogP contribution in [0.15, 0.2) is 97.1 Å². The molecule has 434 valence electrons. The summed E-state index contributed by atoms with van der Waals surface area (Å²) >= 11 is 4.82. The number of benzene rings is 4. The predicted molar refractivity (Wildman–Crippen MR) is 317 cm³/mol. The molecular weight excluding hydrogens is 1010 g/mol. The molecule has 0 radical (unpaired) electrons. The number of nitrogens with zero attached hydrogens (tertiary/aromatic N) is 2. The van der Waals surface area contributed by atoms with E-state index in [4.69, 9.17) is 17.3 Å². The molecule has 4 N–H and O–H groups in total. The number of anilines is 4. The molecule has 78 heavy (non-hydrogen) atoms. The summed E-state index contributed by atoms with van der Waals surface area (Å²) in [6, 6.07) is 26.1. The molecule has 13 heteroatoms. The summed E-state index contributed by atoms with van der Waals surface area (Å²) in [5.41, 5.74) is 7.96. The second-order valence-electron chi connectivity index (χ2n) is 21.7. The zero-order valence-corrected chi connectivity index (χ0v) is 48.9. The van der Waals surface area contributed by atoms with Crippen LogP contribution in [-0.2, 0) is 14.4 Å². The van der Waals surface area contributed by atoms with Crippen LogP contribution in [-0.4, -0.2) is 46.4 Å². The topological polar surface area (TPSA) is 116 Å². The van der Waals surface area contributed by atoms with Crippen LogP contribution in [0.4, 0.5) is 40.3 Å². The molecule has 2 amide bonds. The van der Waals surface area contributed by atoms with Gasteiger partial charge in [0.15, 0.2) is 0 Å². The van der Waals surface area contributed by atoms with Gasteiger partial charge in [0.05, 0.1) is 6.10 Å². The molecule has 0 spiro atoms. The molecule has 0 aliphatic heterocycles. The maximum Gasteiger partial charge on any atom is 0.226 e. The summed E-state index contributed by atoms with van der Waals surface area (Å²) in [5.74, 6) is 1.55. The van der Waals surface area contributed by atoms with Gasteiger partial charge in [0, 0.05) is 60.1 Å². The number of aliphatic hydroxyl groups is 1. The zero-order chi connectivity index (χ0) is 57.4. The molecule has 0 saturated heterocycles. The number of carbonyl (C=O) groups is 3. The highest BCUT2D eigenvalue weighted by Gasteiger charge is 2.30. The molecule has 4 aliphatic rings. The van der Waals surface area contributed by atoms with Gasteiger partial charge in [-0.05, 0) is 187 Å². The van der Waals surface area contributed by atoms with E-state index in [2.05, 4.69) is 26.1 Å². The van der Waals surface area contributed by atoms with Crippen molar-refractivity contribution in [3.63, 3.8) is 0 Å². The van der Waals surface area contributed by atoms with Crippen molar-refractivity contribution in [1.29, 1.82) is 0 Å². The lowest BCUT2D eigenvalue weighted by Gasteiger charge is -2.36. The normalized spacial score (nSPS) is 17.5. The van der Waals surface area contributed by atoms with E-state index in [9.17, 15) is 37.1 Å². The summed E-state index contributed by atoms with van der Waals surface area (Å²) in [4.78, 5) is 37.8. The highest BCUT2D eigenvalue weighted by molar-refractivity contribution is 6.63. The summed E-state index contributed by atoms with van der Waals surface area (Å²) < 4.78 is 52.0. The fraction of sp³-hybridized carbons (Fsp3) is 0.585. The Kier molecular flexibility index (Phi) is 32.7. The number of nitrogen functional groups attached to an aromatic ring is 1. The van der Waals surface area contributed by atoms with Crippen LogP contribution in [0, 0.1) is 46.9 Å². The summed E-state index contributed by atoms with van der Waals surface area (Å²) in [6.45, 7) is 13.8. The van der Waals surface area contributed by atoms with Gasteiger partial charge in [-0.25, -0.2) is 17.6 Å². The van der Waals surface area contributed by atoms with Crippen LogP contribution in [0.3, 0.4) is 0 Å². The molecule has 0 bridgehead atoms. The minimum Gasteiger partial charge on any atom is -0.399 e. The minimum absolute atomic E-state index is 0.0645.